The molecule has 0 bridgehead atoms. The lowest BCUT2D eigenvalue weighted by atomic mass is 9.74. The minimum atomic E-state index is -1.88. The summed E-state index contributed by atoms with van der Waals surface area (Å²) in [5, 5.41) is 0. The first-order valence-electron chi connectivity index (χ1n) is 5.24. The van der Waals surface area contributed by atoms with Crippen molar-refractivity contribution in [1.82, 2.24) is 0 Å². The highest BCUT2D eigenvalue weighted by molar-refractivity contribution is 4.84. The second-order valence-corrected chi connectivity index (χ2v) is 4.51. The van der Waals surface area contributed by atoms with Crippen LogP contribution in [0.25, 0.3) is 0 Å². The highest BCUT2D eigenvalue weighted by Crippen LogP contribution is 2.38. The van der Waals surface area contributed by atoms with Crippen molar-refractivity contribution in [2.24, 2.45) is 10.8 Å². The predicted octanol–water partition coefficient (Wildman–Crippen LogP) is 2.46. The highest BCUT2D eigenvalue weighted by atomic mass is 16.5. The van der Waals surface area contributed by atoms with Crippen LogP contribution in [0.3, 0.4) is 0 Å². The second-order valence-electron chi connectivity index (χ2n) is 4.51. The van der Waals surface area contributed by atoms with E-state index in [-0.39, 0.29) is 5.41 Å². The summed E-state index contributed by atoms with van der Waals surface area (Å²) in [6.07, 6.45) is 0.705. The Labute approximate surface area is 68.0 Å². The molecular weight excluding hydrogens is 124 g/mol. The summed E-state index contributed by atoms with van der Waals surface area (Å²) in [4.78, 5) is 0. The molecule has 1 aliphatic heterocycles. The zero-order valence-corrected chi connectivity index (χ0v) is 7.03. The van der Waals surface area contributed by atoms with E-state index >= 15 is 0 Å². The van der Waals surface area contributed by atoms with E-state index in [1.54, 1.807) is 0 Å². The van der Waals surface area contributed by atoms with E-state index in [0.29, 0.717) is 19.6 Å². The molecule has 1 nitrogen and oxygen atoms in total. The normalized spacial score (nSPS) is 29.7. The number of hydrogen-bond donors (Lipinski definition) is 0. The summed E-state index contributed by atoms with van der Waals surface area (Å²) < 4.78 is 27.5. The van der Waals surface area contributed by atoms with Gasteiger partial charge in [-0.05, 0) is 11.8 Å². The summed E-state index contributed by atoms with van der Waals surface area (Å²) >= 11 is 0. The lowest BCUT2D eigenvalue weighted by molar-refractivity contribution is -0.119. The van der Waals surface area contributed by atoms with Crippen LogP contribution in [0.15, 0.2) is 0 Å². The van der Waals surface area contributed by atoms with Crippen LogP contribution in [0.1, 0.15) is 38.2 Å². The van der Waals surface area contributed by atoms with Crippen LogP contribution in [-0.4, -0.2) is 13.2 Å². The summed E-state index contributed by atoms with van der Waals surface area (Å²) in [5.74, 6) is 0. The molecule has 1 aliphatic rings. The molecule has 0 unspecified atom stereocenters. The maximum atomic E-state index is 7.47. The Balaban J connectivity index is 2.72. The third kappa shape index (κ3) is 1.98. The van der Waals surface area contributed by atoms with Crippen molar-refractivity contribution in [1.29, 1.82) is 0 Å². The van der Waals surface area contributed by atoms with Crippen molar-refractivity contribution in [2.75, 3.05) is 13.2 Å². The highest BCUT2D eigenvalue weighted by Gasteiger charge is 2.36. The molecule has 0 radical (unpaired) electrons. The molecule has 1 heteroatoms. The van der Waals surface area contributed by atoms with Crippen LogP contribution in [0.2, 0.25) is 0 Å². The SMILES string of the molecule is [2H]C([2H])([2H])C1(CC(C)(C)C)COC1. The van der Waals surface area contributed by atoms with Gasteiger partial charge in [-0.1, -0.05) is 27.6 Å². The van der Waals surface area contributed by atoms with E-state index in [2.05, 4.69) is 20.8 Å². The Morgan fingerprint density at radius 3 is 2.20 bits per heavy atom. The van der Waals surface area contributed by atoms with Crippen molar-refractivity contribution in [3.63, 3.8) is 0 Å². The van der Waals surface area contributed by atoms with E-state index in [0.717, 1.165) is 0 Å². The van der Waals surface area contributed by atoms with Crippen molar-refractivity contribution >= 4 is 0 Å². The molecule has 1 saturated heterocycles. The van der Waals surface area contributed by atoms with Gasteiger partial charge in [0, 0.05) is 9.53 Å². The van der Waals surface area contributed by atoms with E-state index in [1.807, 2.05) is 0 Å². The zero-order valence-electron chi connectivity index (χ0n) is 10.0. The third-order valence-electron chi connectivity index (χ3n) is 1.63. The molecule has 1 heterocycles. The maximum absolute atomic E-state index is 7.47. The Hall–Kier alpha value is -0.0400. The quantitative estimate of drug-likeness (QED) is 0.550. The molecule has 0 N–H and O–H groups in total. The fourth-order valence-electron chi connectivity index (χ4n) is 1.47. The average molecular weight is 145 g/mol. The van der Waals surface area contributed by atoms with Crippen LogP contribution in [0, 0.1) is 10.8 Å². The molecule has 0 amide bonds. The van der Waals surface area contributed by atoms with Gasteiger partial charge in [-0.15, -0.1) is 0 Å². The van der Waals surface area contributed by atoms with Gasteiger partial charge in [0.25, 0.3) is 0 Å². The Morgan fingerprint density at radius 1 is 1.50 bits per heavy atom. The number of rotatable bonds is 1. The lowest BCUT2D eigenvalue weighted by Crippen LogP contribution is -2.42. The monoisotopic (exact) mass is 145 g/mol. The molecule has 60 valence electrons. The first kappa shape index (κ1) is 4.76. The minimum Gasteiger partial charge on any atom is -0.380 e. The molecule has 0 aromatic heterocycles. The van der Waals surface area contributed by atoms with Gasteiger partial charge in [0.2, 0.25) is 0 Å². The van der Waals surface area contributed by atoms with E-state index in [9.17, 15) is 0 Å². The van der Waals surface area contributed by atoms with Crippen LogP contribution in [0.5, 0.6) is 0 Å². The third-order valence-corrected chi connectivity index (χ3v) is 1.63. The van der Waals surface area contributed by atoms with E-state index in [1.165, 1.54) is 0 Å². The Bertz CT molecular complexity index is 186. The first-order chi connectivity index (χ1) is 5.66. The van der Waals surface area contributed by atoms with E-state index in [4.69, 9.17) is 8.85 Å². The van der Waals surface area contributed by atoms with Crippen LogP contribution in [0.4, 0.5) is 0 Å². The van der Waals surface area contributed by atoms with Crippen LogP contribution >= 0.6 is 0 Å². The lowest BCUT2D eigenvalue weighted by Gasteiger charge is -2.42. The van der Waals surface area contributed by atoms with E-state index < -0.39 is 12.3 Å². The van der Waals surface area contributed by atoms with Crippen molar-refractivity contribution < 1.29 is 8.85 Å². The van der Waals surface area contributed by atoms with Crippen molar-refractivity contribution in [3.8, 4) is 0 Å². The van der Waals surface area contributed by atoms with Gasteiger partial charge in [0.05, 0.1) is 13.2 Å². The summed E-state index contributed by atoms with van der Waals surface area (Å²) in [6.45, 7) is 5.11. The fourth-order valence-corrected chi connectivity index (χ4v) is 1.47. The summed E-state index contributed by atoms with van der Waals surface area (Å²) in [6, 6.07) is 0. The van der Waals surface area contributed by atoms with Gasteiger partial charge in [0.15, 0.2) is 0 Å². The molecule has 10 heavy (non-hydrogen) atoms. The average Bonchev–Trinajstić information content (AvgIpc) is 1.73. The first-order valence-corrected chi connectivity index (χ1v) is 3.74. The molecule has 0 saturated carbocycles. The van der Waals surface area contributed by atoms with Crippen LogP contribution in [-0.2, 0) is 4.74 Å². The molecule has 0 aliphatic carbocycles. The number of ether oxygens (including phenoxy) is 1. The Kier molecular flexibility index (Phi) is 1.06. The topological polar surface area (TPSA) is 9.23 Å². The molecule has 0 atom stereocenters. The predicted molar refractivity (Wildman–Crippen MR) is 43.0 cm³/mol. The molecule has 0 aromatic carbocycles. The van der Waals surface area contributed by atoms with Gasteiger partial charge in [-0.3, -0.25) is 0 Å². The molecule has 1 rings (SSSR count). The van der Waals surface area contributed by atoms with Crippen molar-refractivity contribution in [2.45, 2.75) is 34.0 Å². The molecule has 0 aromatic rings. The molecule has 1 fully saturated rings. The van der Waals surface area contributed by atoms with Gasteiger partial charge in [-0.25, -0.2) is 0 Å². The number of hydrogen-bond acceptors (Lipinski definition) is 1. The Morgan fingerprint density at radius 2 is 2.10 bits per heavy atom. The smallest absolute Gasteiger partial charge is 0.0542 e. The van der Waals surface area contributed by atoms with Gasteiger partial charge < -0.3 is 4.74 Å². The zero-order chi connectivity index (χ0) is 10.3. The van der Waals surface area contributed by atoms with Gasteiger partial charge in [-0.2, -0.15) is 0 Å². The van der Waals surface area contributed by atoms with Crippen LogP contribution < -0.4 is 0 Å². The fraction of sp³-hybridized carbons (Fsp3) is 1.00. The standard InChI is InChI=1S/C9H18O/c1-8(2,3)5-9(4)6-10-7-9/h5-7H2,1-4H3/i4D3. The largest absolute Gasteiger partial charge is 0.380 e. The van der Waals surface area contributed by atoms with Gasteiger partial charge >= 0.3 is 0 Å². The summed E-state index contributed by atoms with van der Waals surface area (Å²) in [5.41, 5.74) is -0.524. The maximum Gasteiger partial charge on any atom is 0.0542 e. The minimum absolute atomic E-state index is 0.0537. The summed E-state index contributed by atoms with van der Waals surface area (Å²) in [7, 11) is 0. The molecule has 0 spiro atoms. The second kappa shape index (κ2) is 2.23. The van der Waals surface area contributed by atoms with Crippen molar-refractivity contribution in [3.05, 3.63) is 0 Å². The molecular formula is C9H18O. The van der Waals surface area contributed by atoms with Gasteiger partial charge in [0.1, 0.15) is 0 Å².